The summed E-state index contributed by atoms with van der Waals surface area (Å²) < 4.78 is 0. The van der Waals surface area contributed by atoms with Gasteiger partial charge in [-0.25, -0.2) is 0 Å². The molecular weight excluding hydrogens is 164 g/mol. The van der Waals surface area contributed by atoms with Crippen molar-refractivity contribution in [2.45, 2.75) is 24.3 Å². The number of rotatable bonds is 5. The van der Waals surface area contributed by atoms with Crippen LogP contribution in [0.4, 0.5) is 0 Å². The topological polar surface area (TPSA) is 52.0 Å². The standard InChI is InChI=1S/C6H16N2S2/c1-5(3-7)9-10-6(2)4-8/h5-6H,3-4,7-8H2,1-2H3. The highest BCUT2D eigenvalue weighted by Gasteiger charge is 2.03. The van der Waals surface area contributed by atoms with Crippen LogP contribution in [0.15, 0.2) is 0 Å². The molecule has 0 spiro atoms. The first-order valence-corrected chi connectivity index (χ1v) is 5.70. The summed E-state index contributed by atoms with van der Waals surface area (Å²) in [7, 11) is 3.64. The highest BCUT2D eigenvalue weighted by molar-refractivity contribution is 8.77. The number of hydrogen-bond acceptors (Lipinski definition) is 4. The first-order valence-electron chi connectivity index (χ1n) is 3.43. The van der Waals surface area contributed by atoms with Crippen molar-refractivity contribution in [1.29, 1.82) is 0 Å². The SMILES string of the molecule is CC(CN)SSC(C)CN. The van der Waals surface area contributed by atoms with E-state index in [9.17, 15) is 0 Å². The summed E-state index contributed by atoms with van der Waals surface area (Å²) >= 11 is 0. The fourth-order valence-electron chi connectivity index (χ4n) is 0.268. The summed E-state index contributed by atoms with van der Waals surface area (Å²) in [4.78, 5) is 0. The molecule has 0 aromatic heterocycles. The Hall–Kier alpha value is 0.620. The molecule has 0 saturated heterocycles. The Morgan fingerprint density at radius 3 is 1.50 bits per heavy atom. The Bertz CT molecular complexity index is 70.1. The molecule has 0 rings (SSSR count). The maximum absolute atomic E-state index is 5.43. The molecular formula is C6H16N2S2. The lowest BCUT2D eigenvalue weighted by atomic mass is 10.5. The van der Waals surface area contributed by atoms with Crippen LogP contribution in [-0.2, 0) is 0 Å². The summed E-state index contributed by atoms with van der Waals surface area (Å²) in [5, 5.41) is 1.08. The van der Waals surface area contributed by atoms with Gasteiger partial charge in [-0.05, 0) is 0 Å². The molecule has 0 aliphatic rings. The van der Waals surface area contributed by atoms with E-state index in [0.29, 0.717) is 10.5 Å². The molecule has 2 nitrogen and oxygen atoms in total. The second-order valence-corrected chi connectivity index (χ2v) is 5.43. The summed E-state index contributed by atoms with van der Waals surface area (Å²) in [6, 6.07) is 0. The maximum atomic E-state index is 5.43. The van der Waals surface area contributed by atoms with Gasteiger partial charge in [0.2, 0.25) is 0 Å². The van der Waals surface area contributed by atoms with Crippen molar-refractivity contribution >= 4 is 21.6 Å². The molecule has 0 aliphatic carbocycles. The average Bonchev–Trinajstić information content (AvgIpc) is 1.99. The normalized spacial score (nSPS) is 16.8. The van der Waals surface area contributed by atoms with Crippen LogP contribution < -0.4 is 11.5 Å². The van der Waals surface area contributed by atoms with E-state index >= 15 is 0 Å². The fourth-order valence-corrected chi connectivity index (χ4v) is 2.41. The van der Waals surface area contributed by atoms with Crippen molar-refractivity contribution in [2.24, 2.45) is 11.5 Å². The first kappa shape index (κ1) is 10.6. The lowest BCUT2D eigenvalue weighted by Crippen LogP contribution is -2.15. The van der Waals surface area contributed by atoms with Crippen molar-refractivity contribution in [2.75, 3.05) is 13.1 Å². The van der Waals surface area contributed by atoms with Gasteiger partial charge >= 0.3 is 0 Å². The minimum atomic E-state index is 0.541. The third kappa shape index (κ3) is 5.41. The molecule has 10 heavy (non-hydrogen) atoms. The van der Waals surface area contributed by atoms with E-state index in [1.165, 1.54) is 0 Å². The Kier molecular flexibility index (Phi) is 6.73. The molecule has 0 radical (unpaired) electrons. The Morgan fingerprint density at radius 1 is 1.00 bits per heavy atom. The lowest BCUT2D eigenvalue weighted by Gasteiger charge is -2.10. The smallest absolute Gasteiger partial charge is 0.0245 e. The Balaban J connectivity index is 3.17. The molecule has 4 heteroatoms. The van der Waals surface area contributed by atoms with Gasteiger partial charge in [-0.2, -0.15) is 0 Å². The third-order valence-corrected chi connectivity index (χ3v) is 4.51. The van der Waals surface area contributed by atoms with Crippen molar-refractivity contribution < 1.29 is 0 Å². The van der Waals surface area contributed by atoms with E-state index in [0.717, 1.165) is 13.1 Å². The van der Waals surface area contributed by atoms with Crippen molar-refractivity contribution in [3.63, 3.8) is 0 Å². The van der Waals surface area contributed by atoms with Gasteiger partial charge < -0.3 is 11.5 Å². The van der Waals surface area contributed by atoms with Crippen molar-refractivity contribution in [3.05, 3.63) is 0 Å². The van der Waals surface area contributed by atoms with E-state index in [2.05, 4.69) is 13.8 Å². The largest absolute Gasteiger partial charge is 0.329 e. The predicted molar refractivity (Wildman–Crippen MR) is 52.2 cm³/mol. The van der Waals surface area contributed by atoms with E-state index in [1.54, 1.807) is 0 Å². The van der Waals surface area contributed by atoms with E-state index in [1.807, 2.05) is 21.6 Å². The van der Waals surface area contributed by atoms with Gasteiger partial charge in [-0.3, -0.25) is 0 Å². The summed E-state index contributed by atoms with van der Waals surface area (Å²) in [5.74, 6) is 0. The second kappa shape index (κ2) is 6.34. The predicted octanol–water partition coefficient (Wildman–Crippen LogP) is 1.06. The summed E-state index contributed by atoms with van der Waals surface area (Å²) in [6.07, 6.45) is 0. The van der Waals surface area contributed by atoms with Gasteiger partial charge in [0, 0.05) is 23.6 Å². The molecule has 0 aromatic rings. The summed E-state index contributed by atoms with van der Waals surface area (Å²) in [5.41, 5.74) is 10.9. The molecule has 2 unspecified atom stereocenters. The quantitative estimate of drug-likeness (QED) is 0.621. The van der Waals surface area contributed by atoms with E-state index < -0.39 is 0 Å². The maximum Gasteiger partial charge on any atom is 0.0245 e. The van der Waals surface area contributed by atoms with Gasteiger partial charge in [0.15, 0.2) is 0 Å². The van der Waals surface area contributed by atoms with Crippen LogP contribution in [0.5, 0.6) is 0 Å². The molecule has 0 aliphatic heterocycles. The van der Waals surface area contributed by atoms with Crippen LogP contribution in [0.3, 0.4) is 0 Å². The van der Waals surface area contributed by atoms with E-state index in [-0.39, 0.29) is 0 Å². The molecule has 0 heterocycles. The zero-order valence-electron chi connectivity index (χ0n) is 6.54. The molecule has 0 fully saturated rings. The summed E-state index contributed by atoms with van der Waals surface area (Å²) in [6.45, 7) is 5.74. The third-order valence-electron chi connectivity index (χ3n) is 1.05. The first-order chi connectivity index (χ1) is 4.70. The van der Waals surface area contributed by atoms with Crippen LogP contribution in [0.1, 0.15) is 13.8 Å². The average molecular weight is 180 g/mol. The molecule has 0 amide bonds. The van der Waals surface area contributed by atoms with Gasteiger partial charge in [-0.1, -0.05) is 35.4 Å². The van der Waals surface area contributed by atoms with Crippen LogP contribution >= 0.6 is 21.6 Å². The Morgan fingerprint density at radius 2 is 1.30 bits per heavy atom. The van der Waals surface area contributed by atoms with Crippen molar-refractivity contribution in [3.8, 4) is 0 Å². The fraction of sp³-hybridized carbons (Fsp3) is 1.00. The number of nitrogens with two attached hydrogens (primary N) is 2. The van der Waals surface area contributed by atoms with Gasteiger partial charge in [0.05, 0.1) is 0 Å². The van der Waals surface area contributed by atoms with Crippen molar-refractivity contribution in [1.82, 2.24) is 0 Å². The monoisotopic (exact) mass is 180 g/mol. The highest BCUT2D eigenvalue weighted by atomic mass is 33.1. The zero-order chi connectivity index (χ0) is 7.98. The van der Waals surface area contributed by atoms with Crippen LogP contribution in [-0.4, -0.2) is 23.6 Å². The highest BCUT2D eigenvalue weighted by Crippen LogP contribution is 2.29. The van der Waals surface area contributed by atoms with Crippen LogP contribution in [0.2, 0.25) is 0 Å². The Labute approximate surface area is 70.9 Å². The van der Waals surface area contributed by atoms with Crippen LogP contribution in [0.25, 0.3) is 0 Å². The van der Waals surface area contributed by atoms with Gasteiger partial charge in [-0.15, -0.1) is 0 Å². The zero-order valence-corrected chi connectivity index (χ0v) is 8.17. The van der Waals surface area contributed by atoms with Crippen LogP contribution in [0, 0.1) is 0 Å². The van der Waals surface area contributed by atoms with Gasteiger partial charge in [0.25, 0.3) is 0 Å². The lowest BCUT2D eigenvalue weighted by molar-refractivity contribution is 0.950. The molecule has 0 aromatic carbocycles. The molecule has 4 N–H and O–H groups in total. The molecule has 0 saturated carbocycles. The minimum Gasteiger partial charge on any atom is -0.329 e. The molecule has 62 valence electrons. The number of hydrogen-bond donors (Lipinski definition) is 2. The minimum absolute atomic E-state index is 0.541. The molecule has 2 atom stereocenters. The van der Waals surface area contributed by atoms with E-state index in [4.69, 9.17) is 11.5 Å². The molecule has 0 bridgehead atoms. The van der Waals surface area contributed by atoms with Gasteiger partial charge in [0.1, 0.15) is 0 Å². The second-order valence-electron chi connectivity index (χ2n) is 2.29.